The summed E-state index contributed by atoms with van der Waals surface area (Å²) in [6.07, 6.45) is 6.20. The summed E-state index contributed by atoms with van der Waals surface area (Å²) in [7, 11) is 3.60. The maximum atomic E-state index is 6.02. The normalized spacial score (nSPS) is 19.6. The van der Waals surface area contributed by atoms with Crippen LogP contribution < -0.4 is 5.32 Å². The highest BCUT2D eigenvalue weighted by Crippen LogP contribution is 2.39. The van der Waals surface area contributed by atoms with Crippen LogP contribution in [0.5, 0.6) is 0 Å². The van der Waals surface area contributed by atoms with Gasteiger partial charge in [-0.05, 0) is 26.8 Å². The van der Waals surface area contributed by atoms with Gasteiger partial charge in [-0.2, -0.15) is 4.98 Å². The Kier molecular flexibility index (Phi) is 6.14. The van der Waals surface area contributed by atoms with Crippen LogP contribution in [0, 0.1) is 0 Å². The Hall–Kier alpha value is -0.980. The molecule has 1 aromatic heterocycles. The van der Waals surface area contributed by atoms with Gasteiger partial charge < -0.3 is 19.3 Å². The molecule has 1 N–H and O–H groups in total. The summed E-state index contributed by atoms with van der Waals surface area (Å²) < 4.78 is 16.6. The summed E-state index contributed by atoms with van der Waals surface area (Å²) in [5.41, 5.74) is -0.342. The number of rotatable bonds is 8. The Balaban J connectivity index is 2.09. The molecule has 1 unspecified atom stereocenters. The lowest BCUT2D eigenvalue weighted by Gasteiger charge is -2.33. The number of aromatic nitrogens is 2. The molecule has 0 bridgehead atoms. The van der Waals surface area contributed by atoms with Crippen LogP contribution in [0.2, 0.25) is 0 Å². The lowest BCUT2D eigenvalue weighted by molar-refractivity contribution is -0.0777. The van der Waals surface area contributed by atoms with Crippen molar-refractivity contribution in [2.24, 2.45) is 0 Å². The predicted octanol–water partition coefficient (Wildman–Crippen LogP) is 2.04. The Bertz CT molecular complexity index is 411. The fourth-order valence-corrected chi connectivity index (χ4v) is 3.01. The first kappa shape index (κ1) is 16.4. The van der Waals surface area contributed by atoms with Crippen molar-refractivity contribution in [3.8, 4) is 0 Å². The number of nitrogens with zero attached hydrogens (tertiary/aromatic N) is 2. The molecule has 1 aromatic rings. The maximum absolute atomic E-state index is 6.02. The highest BCUT2D eigenvalue weighted by molar-refractivity contribution is 5.04. The maximum Gasteiger partial charge on any atom is 0.228 e. The van der Waals surface area contributed by atoms with E-state index in [1.807, 2.05) is 14.0 Å². The number of likely N-dealkylation sites (N-methyl/N-ethyl adjacent to an activating group) is 1. The van der Waals surface area contributed by atoms with Gasteiger partial charge >= 0.3 is 0 Å². The molecule has 0 saturated heterocycles. The summed E-state index contributed by atoms with van der Waals surface area (Å²) >= 11 is 0. The van der Waals surface area contributed by atoms with Gasteiger partial charge in [0.25, 0.3) is 0 Å². The van der Waals surface area contributed by atoms with Crippen molar-refractivity contribution in [1.29, 1.82) is 0 Å². The van der Waals surface area contributed by atoms with E-state index >= 15 is 0 Å². The first-order chi connectivity index (χ1) is 10.2. The molecule has 1 aliphatic carbocycles. The first-order valence-electron chi connectivity index (χ1n) is 7.87. The van der Waals surface area contributed by atoms with Gasteiger partial charge in [0.2, 0.25) is 11.7 Å². The molecule has 0 aromatic carbocycles. The standard InChI is InChI=1S/C15H27N3O3/c1-4-20-15(8-6-5-7-9-15)14-17-13(21-18-14)10-12(16-2)11-19-3/h12,16H,4-11H2,1-3H3. The number of hydrogen-bond acceptors (Lipinski definition) is 6. The quantitative estimate of drug-likeness (QED) is 0.792. The zero-order valence-corrected chi connectivity index (χ0v) is 13.4. The topological polar surface area (TPSA) is 69.4 Å². The van der Waals surface area contributed by atoms with E-state index < -0.39 is 0 Å². The lowest BCUT2D eigenvalue weighted by atomic mass is 9.84. The largest absolute Gasteiger partial charge is 0.383 e. The molecule has 1 aliphatic rings. The summed E-state index contributed by atoms with van der Waals surface area (Å²) in [6.45, 7) is 3.31. The molecule has 0 spiro atoms. The molecule has 2 rings (SSSR count). The average Bonchev–Trinajstić information content (AvgIpc) is 2.97. The highest BCUT2D eigenvalue weighted by Gasteiger charge is 2.39. The monoisotopic (exact) mass is 297 g/mol. The number of methoxy groups -OCH3 is 1. The van der Waals surface area contributed by atoms with E-state index in [0.717, 1.165) is 25.7 Å². The van der Waals surface area contributed by atoms with E-state index in [1.165, 1.54) is 6.42 Å². The Morgan fingerprint density at radius 1 is 1.33 bits per heavy atom. The Labute approximate surface area is 126 Å². The molecule has 1 heterocycles. The molecular weight excluding hydrogens is 270 g/mol. The van der Waals surface area contributed by atoms with Crippen molar-refractivity contribution in [3.63, 3.8) is 0 Å². The minimum absolute atomic E-state index is 0.178. The van der Waals surface area contributed by atoms with Gasteiger partial charge in [0.05, 0.1) is 6.61 Å². The summed E-state index contributed by atoms with van der Waals surface area (Å²) in [4.78, 5) is 4.60. The van der Waals surface area contributed by atoms with Crippen molar-refractivity contribution >= 4 is 0 Å². The first-order valence-corrected chi connectivity index (χ1v) is 7.87. The molecule has 6 nitrogen and oxygen atoms in total. The summed E-state index contributed by atoms with van der Waals surface area (Å²) in [5.74, 6) is 1.36. The smallest absolute Gasteiger partial charge is 0.228 e. The SMILES string of the molecule is CCOC1(c2noc(CC(COC)NC)n2)CCCCC1. The lowest BCUT2D eigenvalue weighted by Crippen LogP contribution is -2.34. The second kappa shape index (κ2) is 7.87. The van der Waals surface area contributed by atoms with E-state index in [2.05, 4.69) is 15.5 Å². The van der Waals surface area contributed by atoms with Crippen molar-refractivity contribution in [1.82, 2.24) is 15.5 Å². The number of hydrogen-bond donors (Lipinski definition) is 1. The second-order valence-electron chi connectivity index (χ2n) is 5.64. The number of nitrogens with one attached hydrogen (secondary N) is 1. The fourth-order valence-electron chi connectivity index (χ4n) is 3.01. The van der Waals surface area contributed by atoms with Gasteiger partial charge in [-0.15, -0.1) is 0 Å². The second-order valence-corrected chi connectivity index (χ2v) is 5.64. The van der Waals surface area contributed by atoms with Crippen LogP contribution in [0.4, 0.5) is 0 Å². The van der Waals surface area contributed by atoms with Crippen molar-refractivity contribution in [2.75, 3.05) is 27.4 Å². The zero-order valence-electron chi connectivity index (χ0n) is 13.4. The third kappa shape index (κ3) is 4.02. The van der Waals surface area contributed by atoms with Crippen LogP contribution in [0.25, 0.3) is 0 Å². The molecule has 1 saturated carbocycles. The predicted molar refractivity (Wildman–Crippen MR) is 79.1 cm³/mol. The zero-order chi connectivity index (χ0) is 15.1. The van der Waals surface area contributed by atoms with E-state index in [0.29, 0.717) is 31.3 Å². The number of ether oxygens (including phenoxy) is 2. The van der Waals surface area contributed by atoms with Gasteiger partial charge in [-0.1, -0.05) is 24.4 Å². The van der Waals surface area contributed by atoms with Crippen LogP contribution in [0.3, 0.4) is 0 Å². The molecule has 21 heavy (non-hydrogen) atoms. The average molecular weight is 297 g/mol. The minimum Gasteiger partial charge on any atom is -0.383 e. The fraction of sp³-hybridized carbons (Fsp3) is 0.867. The van der Waals surface area contributed by atoms with Crippen LogP contribution >= 0.6 is 0 Å². The van der Waals surface area contributed by atoms with Gasteiger partial charge in [0.1, 0.15) is 5.60 Å². The summed E-state index contributed by atoms with van der Waals surface area (Å²) in [5, 5.41) is 7.39. The van der Waals surface area contributed by atoms with Crippen LogP contribution in [-0.4, -0.2) is 43.6 Å². The van der Waals surface area contributed by atoms with Gasteiger partial charge in [0, 0.05) is 26.2 Å². The molecule has 0 aliphatic heterocycles. The highest BCUT2D eigenvalue weighted by atomic mass is 16.5. The summed E-state index contributed by atoms with van der Waals surface area (Å²) in [6, 6.07) is 0.178. The van der Waals surface area contributed by atoms with E-state index in [9.17, 15) is 0 Å². The molecule has 120 valence electrons. The molecule has 1 atom stereocenters. The van der Waals surface area contributed by atoms with Crippen molar-refractivity contribution in [3.05, 3.63) is 11.7 Å². The molecule has 6 heteroatoms. The van der Waals surface area contributed by atoms with Gasteiger partial charge in [-0.25, -0.2) is 0 Å². The molecule has 1 fully saturated rings. The molecule has 0 amide bonds. The minimum atomic E-state index is -0.342. The third-order valence-corrected chi connectivity index (χ3v) is 4.15. The third-order valence-electron chi connectivity index (χ3n) is 4.15. The van der Waals surface area contributed by atoms with Crippen LogP contribution in [0.15, 0.2) is 4.52 Å². The van der Waals surface area contributed by atoms with Gasteiger partial charge in [-0.3, -0.25) is 0 Å². The van der Waals surface area contributed by atoms with Crippen LogP contribution in [0.1, 0.15) is 50.7 Å². The van der Waals surface area contributed by atoms with Crippen LogP contribution in [-0.2, 0) is 21.5 Å². The molecular formula is C15H27N3O3. The van der Waals surface area contributed by atoms with E-state index in [4.69, 9.17) is 14.0 Å². The van der Waals surface area contributed by atoms with E-state index in [-0.39, 0.29) is 11.6 Å². The van der Waals surface area contributed by atoms with Gasteiger partial charge in [0.15, 0.2) is 0 Å². The Morgan fingerprint density at radius 3 is 2.71 bits per heavy atom. The molecule has 0 radical (unpaired) electrons. The van der Waals surface area contributed by atoms with E-state index in [1.54, 1.807) is 7.11 Å². The van der Waals surface area contributed by atoms with Crippen molar-refractivity contribution in [2.45, 2.75) is 57.1 Å². The Morgan fingerprint density at radius 2 is 2.10 bits per heavy atom. The van der Waals surface area contributed by atoms with Crippen molar-refractivity contribution < 1.29 is 14.0 Å².